The molecule has 0 fully saturated rings. The Morgan fingerprint density at radius 1 is 1.67 bits per heavy atom. The van der Waals surface area contributed by atoms with Crippen molar-refractivity contribution in [2.24, 2.45) is 0 Å². The van der Waals surface area contributed by atoms with Crippen molar-refractivity contribution in [1.29, 1.82) is 0 Å². The summed E-state index contributed by atoms with van der Waals surface area (Å²) in [5.41, 5.74) is 0.855. The van der Waals surface area contributed by atoms with E-state index in [0.717, 1.165) is 10.0 Å². The SMILES string of the molecule is CCOC(=O)CN1Cc2cc(Br)cnc2NC1=O. The highest BCUT2D eigenvalue weighted by Crippen LogP contribution is 2.23. The van der Waals surface area contributed by atoms with Gasteiger partial charge in [-0.05, 0) is 28.9 Å². The fourth-order valence-electron chi connectivity index (χ4n) is 1.66. The lowest BCUT2D eigenvalue weighted by Crippen LogP contribution is -2.42. The summed E-state index contributed by atoms with van der Waals surface area (Å²) < 4.78 is 5.65. The van der Waals surface area contributed by atoms with Crippen molar-refractivity contribution in [2.45, 2.75) is 13.5 Å². The first-order chi connectivity index (χ1) is 8.60. The first-order valence-corrected chi connectivity index (χ1v) is 6.25. The summed E-state index contributed by atoms with van der Waals surface area (Å²) >= 11 is 3.32. The molecule has 0 unspecified atom stereocenters. The van der Waals surface area contributed by atoms with Gasteiger partial charge in [0.05, 0.1) is 13.2 Å². The normalized spacial score (nSPS) is 13.9. The number of nitrogens with zero attached hydrogens (tertiary/aromatic N) is 2. The van der Waals surface area contributed by atoms with Crippen molar-refractivity contribution in [3.05, 3.63) is 22.3 Å². The lowest BCUT2D eigenvalue weighted by atomic mass is 10.2. The highest BCUT2D eigenvalue weighted by molar-refractivity contribution is 9.10. The third kappa shape index (κ3) is 2.79. The van der Waals surface area contributed by atoms with Crippen LogP contribution in [0.3, 0.4) is 0 Å². The fourth-order valence-corrected chi connectivity index (χ4v) is 2.04. The molecule has 1 N–H and O–H groups in total. The largest absolute Gasteiger partial charge is 0.465 e. The summed E-state index contributed by atoms with van der Waals surface area (Å²) in [6, 6.07) is 1.52. The molecule has 0 saturated heterocycles. The standard InChI is InChI=1S/C11H12BrN3O3/c1-2-18-9(16)6-15-5-7-3-8(12)4-13-10(7)14-11(15)17/h3-4H,2,5-6H2,1H3,(H,13,14,17). The van der Waals surface area contributed by atoms with E-state index in [-0.39, 0.29) is 12.6 Å². The van der Waals surface area contributed by atoms with Crippen LogP contribution in [0.5, 0.6) is 0 Å². The minimum Gasteiger partial charge on any atom is -0.465 e. The number of fused-ring (bicyclic) bond motifs is 1. The maximum atomic E-state index is 11.7. The van der Waals surface area contributed by atoms with Crippen LogP contribution in [0, 0.1) is 0 Å². The van der Waals surface area contributed by atoms with E-state index in [1.165, 1.54) is 4.90 Å². The Morgan fingerprint density at radius 3 is 3.17 bits per heavy atom. The second kappa shape index (κ2) is 5.34. The zero-order chi connectivity index (χ0) is 13.1. The minimum atomic E-state index is -0.418. The molecule has 0 bridgehead atoms. The molecule has 1 aliphatic heterocycles. The van der Waals surface area contributed by atoms with Crippen molar-refractivity contribution < 1.29 is 14.3 Å². The molecule has 7 heteroatoms. The molecule has 6 nitrogen and oxygen atoms in total. The molecule has 1 aliphatic rings. The van der Waals surface area contributed by atoms with Crippen molar-refractivity contribution >= 4 is 33.7 Å². The molecule has 2 amide bonds. The number of amides is 2. The molecular formula is C11H12BrN3O3. The number of anilines is 1. The van der Waals surface area contributed by atoms with Gasteiger partial charge < -0.3 is 9.64 Å². The van der Waals surface area contributed by atoms with Crippen molar-refractivity contribution in [1.82, 2.24) is 9.88 Å². The molecule has 1 aromatic heterocycles. The monoisotopic (exact) mass is 313 g/mol. The van der Waals surface area contributed by atoms with E-state index in [1.807, 2.05) is 6.07 Å². The summed E-state index contributed by atoms with van der Waals surface area (Å²) in [7, 11) is 0. The predicted molar refractivity (Wildman–Crippen MR) is 68.0 cm³/mol. The van der Waals surface area contributed by atoms with Gasteiger partial charge in [-0.25, -0.2) is 9.78 Å². The number of pyridine rings is 1. The van der Waals surface area contributed by atoms with E-state index in [0.29, 0.717) is 19.0 Å². The highest BCUT2D eigenvalue weighted by atomic mass is 79.9. The number of hydrogen-bond donors (Lipinski definition) is 1. The molecule has 2 heterocycles. The Kier molecular flexibility index (Phi) is 3.81. The van der Waals surface area contributed by atoms with Gasteiger partial charge in [0.1, 0.15) is 12.4 Å². The number of halogens is 1. The molecule has 96 valence electrons. The molecule has 1 aromatic rings. The quantitative estimate of drug-likeness (QED) is 0.863. The Bertz CT molecular complexity index is 492. The van der Waals surface area contributed by atoms with Crippen LogP contribution in [0.25, 0.3) is 0 Å². The number of nitrogens with one attached hydrogen (secondary N) is 1. The van der Waals surface area contributed by atoms with Crippen LogP contribution in [0.1, 0.15) is 12.5 Å². The van der Waals surface area contributed by atoms with Crippen LogP contribution >= 0.6 is 15.9 Å². The van der Waals surface area contributed by atoms with Gasteiger partial charge in [-0.1, -0.05) is 0 Å². The number of carbonyl (C=O) groups excluding carboxylic acids is 2. The van der Waals surface area contributed by atoms with Crippen LogP contribution in [-0.2, 0) is 16.1 Å². The summed E-state index contributed by atoms with van der Waals surface area (Å²) in [4.78, 5) is 28.6. The van der Waals surface area contributed by atoms with E-state index in [1.54, 1.807) is 13.1 Å². The van der Waals surface area contributed by atoms with Gasteiger partial charge in [0.25, 0.3) is 0 Å². The molecule has 18 heavy (non-hydrogen) atoms. The summed E-state index contributed by atoms with van der Waals surface area (Å²) in [5, 5.41) is 2.63. The topological polar surface area (TPSA) is 71.5 Å². The maximum Gasteiger partial charge on any atom is 0.325 e. The Morgan fingerprint density at radius 2 is 2.44 bits per heavy atom. The van der Waals surface area contributed by atoms with Crippen LogP contribution in [0.15, 0.2) is 16.7 Å². The zero-order valence-electron chi connectivity index (χ0n) is 9.77. The van der Waals surface area contributed by atoms with Crippen molar-refractivity contribution in [3.63, 3.8) is 0 Å². The molecule has 0 saturated carbocycles. The van der Waals surface area contributed by atoms with Gasteiger partial charge >= 0.3 is 12.0 Å². The lowest BCUT2D eigenvalue weighted by molar-refractivity contribution is -0.143. The van der Waals surface area contributed by atoms with E-state index >= 15 is 0 Å². The third-order valence-electron chi connectivity index (χ3n) is 2.43. The Balaban J connectivity index is 2.12. The number of rotatable bonds is 3. The zero-order valence-corrected chi connectivity index (χ0v) is 11.4. The van der Waals surface area contributed by atoms with Crippen LogP contribution in [0.2, 0.25) is 0 Å². The molecule has 0 aliphatic carbocycles. The highest BCUT2D eigenvalue weighted by Gasteiger charge is 2.25. The average Bonchev–Trinajstić information content (AvgIpc) is 2.31. The summed E-state index contributed by atoms with van der Waals surface area (Å²) in [6.07, 6.45) is 1.61. The molecule has 0 aromatic carbocycles. The lowest BCUT2D eigenvalue weighted by Gasteiger charge is -2.27. The second-order valence-corrected chi connectivity index (χ2v) is 4.67. The number of ether oxygens (including phenoxy) is 1. The molecular weight excluding hydrogens is 302 g/mol. The van der Waals surface area contributed by atoms with Crippen LogP contribution in [-0.4, -0.2) is 35.0 Å². The third-order valence-corrected chi connectivity index (χ3v) is 2.87. The smallest absolute Gasteiger partial charge is 0.325 e. The summed E-state index contributed by atoms with van der Waals surface area (Å²) in [6.45, 7) is 2.31. The predicted octanol–water partition coefficient (Wildman–Crippen LogP) is 1.75. The Labute approximate surface area is 112 Å². The molecule has 2 rings (SSSR count). The molecule has 0 spiro atoms. The van der Waals surface area contributed by atoms with Gasteiger partial charge in [0.15, 0.2) is 0 Å². The number of esters is 1. The van der Waals surface area contributed by atoms with Crippen LogP contribution < -0.4 is 5.32 Å². The number of hydrogen-bond acceptors (Lipinski definition) is 4. The molecule has 0 radical (unpaired) electrons. The average molecular weight is 314 g/mol. The fraction of sp³-hybridized carbons (Fsp3) is 0.364. The van der Waals surface area contributed by atoms with Gasteiger partial charge in [0, 0.05) is 16.2 Å². The van der Waals surface area contributed by atoms with Crippen LogP contribution in [0.4, 0.5) is 10.6 Å². The van der Waals surface area contributed by atoms with E-state index in [9.17, 15) is 9.59 Å². The number of aromatic nitrogens is 1. The first-order valence-electron chi connectivity index (χ1n) is 5.46. The van der Waals surface area contributed by atoms with Crippen molar-refractivity contribution in [3.8, 4) is 0 Å². The van der Waals surface area contributed by atoms with Crippen molar-refractivity contribution in [2.75, 3.05) is 18.5 Å². The number of urea groups is 1. The van der Waals surface area contributed by atoms with Gasteiger partial charge in [0.2, 0.25) is 0 Å². The van der Waals surface area contributed by atoms with Gasteiger partial charge in [-0.2, -0.15) is 0 Å². The second-order valence-electron chi connectivity index (χ2n) is 3.75. The van der Waals surface area contributed by atoms with E-state index in [4.69, 9.17) is 4.74 Å². The number of carbonyl (C=O) groups is 2. The Hall–Kier alpha value is -1.63. The summed E-state index contributed by atoms with van der Waals surface area (Å²) in [5.74, 6) is 0.113. The van der Waals surface area contributed by atoms with E-state index in [2.05, 4.69) is 26.2 Å². The molecule has 0 atom stereocenters. The first kappa shape index (κ1) is 12.8. The maximum absolute atomic E-state index is 11.7. The van der Waals surface area contributed by atoms with E-state index < -0.39 is 5.97 Å². The minimum absolute atomic E-state index is 0.0639. The van der Waals surface area contributed by atoms with Gasteiger partial charge in [-0.3, -0.25) is 10.1 Å². The van der Waals surface area contributed by atoms with Gasteiger partial charge in [-0.15, -0.1) is 0 Å².